The zero-order valence-corrected chi connectivity index (χ0v) is 13.1. The Balaban J connectivity index is 1.93. The zero-order chi connectivity index (χ0) is 13.8. The minimum Gasteiger partial charge on any atom is -0.382 e. The Labute approximate surface area is 124 Å². The molecule has 0 amide bonds. The maximum Gasteiger partial charge on any atom is 0.0701 e. The Hall–Kier alpha value is -0.420. The van der Waals surface area contributed by atoms with Crippen LogP contribution < -0.4 is 0 Å². The second kappa shape index (κ2) is 11.4. The first-order valence-electron chi connectivity index (χ1n) is 6.68. The van der Waals surface area contributed by atoms with Crippen LogP contribution in [0.3, 0.4) is 0 Å². The molecule has 0 fully saturated rings. The molecule has 0 heterocycles. The minimum atomic E-state index is 0.412. The molecule has 4 heteroatoms. The molecule has 1 rings (SSSR count). The Kier molecular flexibility index (Phi) is 9.99. The van der Waals surface area contributed by atoms with Crippen LogP contribution in [0.2, 0.25) is 0 Å². The van der Waals surface area contributed by atoms with E-state index >= 15 is 0 Å². The Bertz CT molecular complexity index is 306. The standard InChI is InChI=1S/C15H23BrO3/c1-17-10-11-19-13-12-18-9-5-8-15(16)14-6-3-2-4-7-14/h2-4,6-7,15H,5,8-13H2,1H3. The molecule has 3 nitrogen and oxygen atoms in total. The lowest BCUT2D eigenvalue weighted by molar-refractivity contribution is 0.0240. The van der Waals surface area contributed by atoms with Crippen molar-refractivity contribution in [2.45, 2.75) is 17.7 Å². The van der Waals surface area contributed by atoms with Gasteiger partial charge in [0, 0.05) is 18.5 Å². The predicted molar refractivity (Wildman–Crippen MR) is 80.9 cm³/mol. The number of rotatable bonds is 11. The summed E-state index contributed by atoms with van der Waals surface area (Å²) in [7, 11) is 1.67. The molecule has 0 aromatic heterocycles. The van der Waals surface area contributed by atoms with Crippen molar-refractivity contribution in [2.24, 2.45) is 0 Å². The van der Waals surface area contributed by atoms with Gasteiger partial charge in [-0.25, -0.2) is 0 Å². The highest BCUT2D eigenvalue weighted by molar-refractivity contribution is 9.09. The number of hydrogen-bond donors (Lipinski definition) is 0. The van der Waals surface area contributed by atoms with E-state index in [2.05, 4.69) is 40.2 Å². The number of alkyl halides is 1. The van der Waals surface area contributed by atoms with Gasteiger partial charge in [0.15, 0.2) is 0 Å². The molecule has 0 N–H and O–H groups in total. The van der Waals surface area contributed by atoms with Gasteiger partial charge in [-0.05, 0) is 18.4 Å². The minimum absolute atomic E-state index is 0.412. The number of benzene rings is 1. The van der Waals surface area contributed by atoms with Crippen molar-refractivity contribution < 1.29 is 14.2 Å². The maximum absolute atomic E-state index is 5.51. The van der Waals surface area contributed by atoms with Crippen LogP contribution in [0.25, 0.3) is 0 Å². The van der Waals surface area contributed by atoms with Gasteiger partial charge >= 0.3 is 0 Å². The fourth-order valence-electron chi connectivity index (χ4n) is 1.66. The van der Waals surface area contributed by atoms with Gasteiger partial charge in [-0.15, -0.1) is 0 Å². The quantitative estimate of drug-likeness (QED) is 0.458. The SMILES string of the molecule is COCCOCCOCCCC(Br)c1ccccc1. The number of hydrogen-bond acceptors (Lipinski definition) is 3. The lowest BCUT2D eigenvalue weighted by Gasteiger charge is -2.10. The Morgan fingerprint density at radius 2 is 1.58 bits per heavy atom. The molecule has 1 aromatic rings. The monoisotopic (exact) mass is 330 g/mol. The van der Waals surface area contributed by atoms with Crippen molar-refractivity contribution in [2.75, 3.05) is 40.1 Å². The van der Waals surface area contributed by atoms with Gasteiger partial charge in [-0.3, -0.25) is 0 Å². The molecular weight excluding hydrogens is 308 g/mol. The summed E-state index contributed by atoms with van der Waals surface area (Å²) in [6, 6.07) is 10.5. The van der Waals surface area contributed by atoms with E-state index in [1.165, 1.54) is 5.56 Å². The number of methoxy groups -OCH3 is 1. The molecule has 0 aliphatic heterocycles. The van der Waals surface area contributed by atoms with Crippen molar-refractivity contribution >= 4 is 15.9 Å². The van der Waals surface area contributed by atoms with Crippen molar-refractivity contribution in [3.8, 4) is 0 Å². The van der Waals surface area contributed by atoms with Crippen LogP contribution in [-0.2, 0) is 14.2 Å². The van der Waals surface area contributed by atoms with Gasteiger partial charge in [-0.1, -0.05) is 46.3 Å². The summed E-state index contributed by atoms with van der Waals surface area (Å²) in [6.07, 6.45) is 2.12. The van der Waals surface area contributed by atoms with Crippen molar-refractivity contribution in [1.82, 2.24) is 0 Å². The summed E-state index contributed by atoms with van der Waals surface area (Å²) in [6.45, 7) is 3.35. The Morgan fingerprint density at radius 1 is 0.947 bits per heavy atom. The lowest BCUT2D eigenvalue weighted by atomic mass is 10.1. The van der Waals surface area contributed by atoms with E-state index in [1.807, 2.05) is 6.07 Å². The van der Waals surface area contributed by atoms with Gasteiger partial charge in [0.2, 0.25) is 0 Å². The summed E-state index contributed by atoms with van der Waals surface area (Å²) in [5, 5.41) is 0. The van der Waals surface area contributed by atoms with Crippen molar-refractivity contribution in [3.63, 3.8) is 0 Å². The van der Waals surface area contributed by atoms with Gasteiger partial charge in [0.25, 0.3) is 0 Å². The molecule has 19 heavy (non-hydrogen) atoms. The van der Waals surface area contributed by atoms with Gasteiger partial charge < -0.3 is 14.2 Å². The second-order valence-corrected chi connectivity index (χ2v) is 5.34. The van der Waals surface area contributed by atoms with Crippen LogP contribution >= 0.6 is 15.9 Å². The maximum atomic E-state index is 5.51. The summed E-state index contributed by atoms with van der Waals surface area (Å²) in [4.78, 5) is 0.412. The largest absolute Gasteiger partial charge is 0.382 e. The molecule has 1 aromatic carbocycles. The lowest BCUT2D eigenvalue weighted by Crippen LogP contribution is -2.09. The van der Waals surface area contributed by atoms with Crippen molar-refractivity contribution in [3.05, 3.63) is 35.9 Å². The fourth-order valence-corrected chi connectivity index (χ4v) is 2.29. The van der Waals surface area contributed by atoms with Crippen LogP contribution in [0.4, 0.5) is 0 Å². The van der Waals surface area contributed by atoms with E-state index in [4.69, 9.17) is 14.2 Å². The average molecular weight is 331 g/mol. The summed E-state index contributed by atoms with van der Waals surface area (Å²) in [5.74, 6) is 0. The molecule has 0 saturated carbocycles. The van der Waals surface area contributed by atoms with Crippen molar-refractivity contribution in [1.29, 1.82) is 0 Å². The van der Waals surface area contributed by atoms with E-state index in [0.29, 0.717) is 31.3 Å². The summed E-state index contributed by atoms with van der Waals surface area (Å²) >= 11 is 3.70. The second-order valence-electron chi connectivity index (χ2n) is 4.24. The van der Waals surface area contributed by atoms with E-state index in [0.717, 1.165) is 19.4 Å². The third-order valence-corrected chi connectivity index (χ3v) is 3.70. The van der Waals surface area contributed by atoms with Crippen LogP contribution in [0.15, 0.2) is 30.3 Å². The van der Waals surface area contributed by atoms with E-state index in [1.54, 1.807) is 7.11 Å². The molecule has 0 aliphatic carbocycles. The highest BCUT2D eigenvalue weighted by Crippen LogP contribution is 2.27. The zero-order valence-electron chi connectivity index (χ0n) is 11.5. The molecule has 0 radical (unpaired) electrons. The normalized spacial score (nSPS) is 12.5. The number of halogens is 1. The van der Waals surface area contributed by atoms with Crippen LogP contribution in [0.5, 0.6) is 0 Å². The van der Waals surface area contributed by atoms with Gasteiger partial charge in [0.05, 0.1) is 26.4 Å². The van der Waals surface area contributed by atoms with Crippen LogP contribution in [0.1, 0.15) is 23.2 Å². The summed E-state index contributed by atoms with van der Waals surface area (Å²) < 4.78 is 15.7. The third kappa shape index (κ3) is 8.37. The third-order valence-electron chi connectivity index (χ3n) is 2.71. The molecule has 1 unspecified atom stereocenters. The molecule has 0 bridgehead atoms. The first-order chi connectivity index (χ1) is 9.34. The van der Waals surface area contributed by atoms with E-state index in [-0.39, 0.29) is 0 Å². The molecule has 108 valence electrons. The first-order valence-corrected chi connectivity index (χ1v) is 7.59. The first kappa shape index (κ1) is 16.6. The Morgan fingerprint density at radius 3 is 2.26 bits per heavy atom. The molecule has 0 spiro atoms. The molecule has 0 aliphatic rings. The molecular formula is C15H23BrO3. The smallest absolute Gasteiger partial charge is 0.0701 e. The highest BCUT2D eigenvalue weighted by atomic mass is 79.9. The van der Waals surface area contributed by atoms with Crippen LogP contribution in [-0.4, -0.2) is 40.1 Å². The summed E-state index contributed by atoms with van der Waals surface area (Å²) in [5.41, 5.74) is 1.32. The predicted octanol–water partition coefficient (Wildman–Crippen LogP) is 3.58. The highest BCUT2D eigenvalue weighted by Gasteiger charge is 2.05. The van der Waals surface area contributed by atoms with Gasteiger partial charge in [0.1, 0.15) is 0 Å². The van der Waals surface area contributed by atoms with E-state index in [9.17, 15) is 0 Å². The van der Waals surface area contributed by atoms with Crippen LogP contribution in [0, 0.1) is 0 Å². The van der Waals surface area contributed by atoms with E-state index < -0.39 is 0 Å². The average Bonchev–Trinajstić information content (AvgIpc) is 2.46. The topological polar surface area (TPSA) is 27.7 Å². The number of ether oxygens (including phenoxy) is 3. The molecule has 1 atom stereocenters. The fraction of sp³-hybridized carbons (Fsp3) is 0.600. The van der Waals surface area contributed by atoms with Gasteiger partial charge in [-0.2, -0.15) is 0 Å². The molecule has 0 saturated heterocycles.